The number of aliphatic carboxylic acids is 1. The summed E-state index contributed by atoms with van der Waals surface area (Å²) >= 11 is 0. The summed E-state index contributed by atoms with van der Waals surface area (Å²) in [7, 11) is 0. The van der Waals surface area contributed by atoms with E-state index in [2.05, 4.69) is 5.32 Å². The maximum atomic E-state index is 11.1. The lowest BCUT2D eigenvalue weighted by Crippen LogP contribution is -2.56. The van der Waals surface area contributed by atoms with Gasteiger partial charge in [0.1, 0.15) is 6.10 Å². The number of hydrogen-bond donors (Lipinski definition) is 6. The van der Waals surface area contributed by atoms with E-state index in [0.29, 0.717) is 0 Å². The summed E-state index contributed by atoms with van der Waals surface area (Å²) in [6.45, 7) is 1.26. The highest BCUT2D eigenvalue weighted by Gasteiger charge is 2.36. The van der Waals surface area contributed by atoms with Gasteiger partial charge < -0.3 is 52.6 Å². The van der Waals surface area contributed by atoms with Crippen LogP contribution in [0.2, 0.25) is 0 Å². The van der Waals surface area contributed by atoms with E-state index in [1.807, 2.05) is 0 Å². The van der Waals surface area contributed by atoms with E-state index in [4.69, 9.17) is 30.9 Å². The van der Waals surface area contributed by atoms with Gasteiger partial charge in [0.05, 0.1) is 12.1 Å². The highest BCUT2D eigenvalue weighted by Crippen LogP contribution is 2.23. The Hall–Kier alpha value is -1.80. The predicted molar refractivity (Wildman–Crippen MR) is 75.6 cm³/mol. The molecule has 0 aromatic rings. The van der Waals surface area contributed by atoms with Crippen molar-refractivity contribution in [3.63, 3.8) is 0 Å². The molecule has 13 N–H and O–H groups in total. The SMILES string of the molecule is CC(=O)N[C@@H]1[C@@H](N)C=C(C(=O)O)O[C@@H]1CCC(O)(O)O.O.O.O. The van der Waals surface area contributed by atoms with Gasteiger partial charge in [-0.05, 0) is 12.5 Å². The van der Waals surface area contributed by atoms with Gasteiger partial charge in [0.15, 0.2) is 0 Å². The van der Waals surface area contributed by atoms with Crippen molar-refractivity contribution in [2.75, 3.05) is 0 Å². The van der Waals surface area contributed by atoms with Crippen LogP contribution in [0.3, 0.4) is 0 Å². The van der Waals surface area contributed by atoms with E-state index in [9.17, 15) is 9.59 Å². The second kappa shape index (κ2) is 10.1. The smallest absolute Gasteiger partial charge is 0.370 e. The molecule has 0 unspecified atom stereocenters. The minimum Gasteiger partial charge on any atom is -0.481 e. The van der Waals surface area contributed by atoms with Crippen molar-refractivity contribution < 1.29 is 51.2 Å². The molecule has 12 heteroatoms. The maximum Gasteiger partial charge on any atom is 0.370 e. The first-order valence-electron chi connectivity index (χ1n) is 5.91. The van der Waals surface area contributed by atoms with Crippen LogP contribution >= 0.6 is 0 Å². The minimum absolute atomic E-state index is 0. The number of carbonyl (C=O) groups excluding carboxylic acids is 1. The van der Waals surface area contributed by atoms with Gasteiger partial charge in [0.2, 0.25) is 11.7 Å². The predicted octanol–water partition coefficient (Wildman–Crippen LogP) is -4.88. The Morgan fingerprint density at radius 3 is 2.22 bits per heavy atom. The quantitative estimate of drug-likeness (QED) is 0.263. The molecule has 0 aliphatic carbocycles. The van der Waals surface area contributed by atoms with E-state index >= 15 is 0 Å². The number of carboxylic acids is 1. The number of ether oxygens (including phenoxy) is 1. The second-order valence-electron chi connectivity index (χ2n) is 4.61. The molecular formula is C11H24N2O10. The van der Waals surface area contributed by atoms with E-state index in [1.54, 1.807) is 0 Å². The lowest BCUT2D eigenvalue weighted by molar-refractivity contribution is -0.316. The molecule has 1 aliphatic heterocycles. The zero-order valence-electron chi connectivity index (χ0n) is 12.3. The van der Waals surface area contributed by atoms with Crippen LogP contribution in [-0.4, -0.2) is 72.9 Å². The van der Waals surface area contributed by atoms with Crippen LogP contribution in [0.4, 0.5) is 0 Å². The Morgan fingerprint density at radius 1 is 1.30 bits per heavy atom. The van der Waals surface area contributed by atoms with Gasteiger partial charge in [-0.3, -0.25) is 4.79 Å². The molecule has 12 nitrogen and oxygen atoms in total. The molecule has 0 fully saturated rings. The molecule has 0 radical (unpaired) electrons. The standard InChI is InChI=1S/C11H18N2O7.3H2O/c1-5(14)13-9-6(12)4-8(10(15)16)20-7(9)2-3-11(17,18)19;;;/h4,6-7,9,17-19H,2-3,12H2,1H3,(H,13,14)(H,15,16);3*1H2/t6-,7+,9+;;;/m0.../s1. The number of nitrogens with one attached hydrogen (secondary N) is 1. The molecule has 1 rings (SSSR count). The van der Waals surface area contributed by atoms with Gasteiger partial charge >= 0.3 is 5.97 Å². The fourth-order valence-corrected chi connectivity index (χ4v) is 1.92. The van der Waals surface area contributed by atoms with Crippen LogP contribution < -0.4 is 11.1 Å². The first-order valence-corrected chi connectivity index (χ1v) is 5.91. The first kappa shape index (κ1) is 26.1. The van der Waals surface area contributed by atoms with E-state index in [-0.39, 0.29) is 28.6 Å². The number of carbonyl (C=O) groups is 2. The van der Waals surface area contributed by atoms with Crippen molar-refractivity contribution in [2.24, 2.45) is 5.73 Å². The van der Waals surface area contributed by atoms with Crippen molar-refractivity contribution >= 4 is 11.9 Å². The maximum absolute atomic E-state index is 11.1. The third-order valence-corrected chi connectivity index (χ3v) is 2.78. The molecule has 0 aromatic heterocycles. The molecule has 0 bridgehead atoms. The van der Waals surface area contributed by atoms with E-state index < -0.39 is 42.5 Å². The number of aliphatic hydroxyl groups is 3. The third kappa shape index (κ3) is 8.41. The van der Waals surface area contributed by atoms with E-state index in [1.165, 1.54) is 6.92 Å². The number of nitrogens with two attached hydrogens (primary N) is 1. The molecule has 23 heavy (non-hydrogen) atoms. The van der Waals surface area contributed by atoms with Crippen LogP contribution in [0.5, 0.6) is 0 Å². The van der Waals surface area contributed by atoms with Gasteiger partial charge in [-0.15, -0.1) is 0 Å². The highest BCUT2D eigenvalue weighted by molar-refractivity contribution is 5.84. The minimum atomic E-state index is -2.90. The van der Waals surface area contributed by atoms with E-state index in [0.717, 1.165) is 6.08 Å². The molecule has 0 saturated carbocycles. The molecule has 1 heterocycles. The molecule has 0 spiro atoms. The summed E-state index contributed by atoms with van der Waals surface area (Å²) in [5.41, 5.74) is 5.76. The molecule has 0 saturated heterocycles. The first-order chi connectivity index (χ1) is 9.10. The molecule has 138 valence electrons. The normalized spacial score (nSPS) is 23.0. The van der Waals surface area contributed by atoms with Crippen LogP contribution in [0.25, 0.3) is 0 Å². The Balaban J connectivity index is -0.00000133. The van der Waals surface area contributed by atoms with Crippen molar-refractivity contribution in [3.8, 4) is 0 Å². The monoisotopic (exact) mass is 344 g/mol. The summed E-state index contributed by atoms with van der Waals surface area (Å²) in [5, 5.41) is 38.0. The largest absolute Gasteiger partial charge is 0.481 e. The fraction of sp³-hybridized carbons (Fsp3) is 0.636. The van der Waals surface area contributed by atoms with Crippen molar-refractivity contribution in [2.45, 2.75) is 43.9 Å². The Labute approximate surface area is 131 Å². The molecule has 1 aliphatic rings. The zero-order chi connectivity index (χ0) is 15.5. The number of carboxylic acid groups (broad SMARTS) is 1. The van der Waals surface area contributed by atoms with Gasteiger partial charge in [-0.1, -0.05) is 0 Å². The van der Waals surface area contributed by atoms with Gasteiger partial charge in [0.25, 0.3) is 5.97 Å². The lowest BCUT2D eigenvalue weighted by Gasteiger charge is -2.35. The summed E-state index contributed by atoms with van der Waals surface area (Å²) in [4.78, 5) is 22.0. The van der Waals surface area contributed by atoms with Crippen LogP contribution in [-0.2, 0) is 14.3 Å². The molecule has 1 amide bonds. The van der Waals surface area contributed by atoms with Gasteiger partial charge in [-0.2, -0.15) is 0 Å². The highest BCUT2D eigenvalue weighted by atomic mass is 16.7. The Bertz CT molecular complexity index is 420. The van der Waals surface area contributed by atoms with Crippen LogP contribution in [0, 0.1) is 0 Å². The molecule has 0 aromatic carbocycles. The lowest BCUT2D eigenvalue weighted by atomic mass is 9.95. The number of amides is 1. The van der Waals surface area contributed by atoms with Gasteiger partial charge in [0, 0.05) is 13.3 Å². The number of hydrogen-bond acceptors (Lipinski definition) is 7. The molecular weight excluding hydrogens is 320 g/mol. The van der Waals surface area contributed by atoms with Gasteiger partial charge in [-0.25, -0.2) is 4.79 Å². The summed E-state index contributed by atoms with van der Waals surface area (Å²) in [6.07, 6.45) is -0.361. The Kier molecular flexibility index (Phi) is 11.4. The summed E-state index contributed by atoms with van der Waals surface area (Å²) in [6, 6.07) is -1.55. The van der Waals surface area contributed by atoms with Crippen molar-refractivity contribution in [3.05, 3.63) is 11.8 Å². The van der Waals surface area contributed by atoms with Crippen molar-refractivity contribution in [1.82, 2.24) is 5.32 Å². The number of rotatable bonds is 5. The Morgan fingerprint density at radius 2 is 1.83 bits per heavy atom. The second-order valence-corrected chi connectivity index (χ2v) is 4.61. The zero-order valence-corrected chi connectivity index (χ0v) is 12.3. The van der Waals surface area contributed by atoms with Crippen molar-refractivity contribution in [1.29, 1.82) is 0 Å². The van der Waals surface area contributed by atoms with Crippen LogP contribution in [0.15, 0.2) is 11.8 Å². The third-order valence-electron chi connectivity index (χ3n) is 2.78. The summed E-state index contributed by atoms with van der Waals surface area (Å²) < 4.78 is 5.16. The fourth-order valence-electron chi connectivity index (χ4n) is 1.92. The average Bonchev–Trinajstić information content (AvgIpc) is 2.27. The van der Waals surface area contributed by atoms with Crippen LogP contribution in [0.1, 0.15) is 19.8 Å². The average molecular weight is 344 g/mol. The topological polar surface area (TPSA) is 257 Å². The molecule has 3 atom stereocenters. The summed E-state index contributed by atoms with van der Waals surface area (Å²) in [5.74, 6) is -5.01.